The molecule has 3 rings (SSSR count). The maximum atomic E-state index is 13.6. The molecule has 1 atom stereocenters. The zero-order valence-corrected chi connectivity index (χ0v) is 16.4. The molecule has 3 aromatic rings. The lowest BCUT2D eigenvalue weighted by Gasteiger charge is -2.15. The zero-order valence-electron chi connectivity index (χ0n) is 16.4. The van der Waals surface area contributed by atoms with Gasteiger partial charge in [-0.15, -0.1) is 0 Å². The number of aromatic amines is 1. The fourth-order valence-electron chi connectivity index (χ4n) is 2.71. The summed E-state index contributed by atoms with van der Waals surface area (Å²) in [7, 11) is 0. The number of ether oxygens (including phenoxy) is 1. The summed E-state index contributed by atoms with van der Waals surface area (Å²) in [4.78, 5) is 39.3. The van der Waals surface area contributed by atoms with E-state index in [-0.39, 0.29) is 11.3 Å². The summed E-state index contributed by atoms with van der Waals surface area (Å²) >= 11 is 0. The first-order chi connectivity index (χ1) is 14.3. The van der Waals surface area contributed by atoms with Gasteiger partial charge in [0, 0.05) is 5.69 Å². The predicted molar refractivity (Wildman–Crippen MR) is 109 cm³/mol. The fraction of sp³-hybridized carbons (Fsp3) is 0.136. The number of pyridine rings is 1. The molecule has 3 N–H and O–H groups in total. The fourth-order valence-corrected chi connectivity index (χ4v) is 2.71. The maximum absolute atomic E-state index is 13.6. The molecule has 0 aliphatic carbocycles. The molecule has 0 aliphatic rings. The van der Waals surface area contributed by atoms with Gasteiger partial charge in [-0.3, -0.25) is 25.2 Å². The molecule has 2 amide bonds. The molecule has 0 saturated carbocycles. The molecule has 1 heterocycles. The summed E-state index contributed by atoms with van der Waals surface area (Å²) in [6.45, 7) is 3.33. The minimum Gasteiger partial charge on any atom is -0.478 e. The highest BCUT2D eigenvalue weighted by molar-refractivity contribution is 5.95. The molecule has 0 spiro atoms. The third-order valence-electron chi connectivity index (χ3n) is 4.29. The smallest absolute Gasteiger partial charge is 0.279 e. The molecule has 0 saturated heterocycles. The van der Waals surface area contributed by atoms with Gasteiger partial charge in [-0.1, -0.05) is 35.9 Å². The number of aryl methyl sites for hydroxylation is 1. The van der Waals surface area contributed by atoms with Gasteiger partial charge in [-0.2, -0.15) is 0 Å². The Morgan fingerprint density at radius 1 is 1.03 bits per heavy atom. The van der Waals surface area contributed by atoms with Crippen LogP contribution in [0.4, 0.5) is 4.39 Å². The van der Waals surface area contributed by atoms with Gasteiger partial charge >= 0.3 is 0 Å². The average Bonchev–Trinajstić information content (AvgIpc) is 2.73. The van der Waals surface area contributed by atoms with Crippen molar-refractivity contribution < 1.29 is 18.7 Å². The van der Waals surface area contributed by atoms with E-state index in [2.05, 4.69) is 15.8 Å². The van der Waals surface area contributed by atoms with Crippen LogP contribution in [0, 0.1) is 12.7 Å². The van der Waals surface area contributed by atoms with Crippen molar-refractivity contribution in [3.8, 4) is 17.0 Å². The third-order valence-corrected chi connectivity index (χ3v) is 4.29. The van der Waals surface area contributed by atoms with Crippen molar-refractivity contribution in [2.45, 2.75) is 20.0 Å². The second-order valence-electron chi connectivity index (χ2n) is 6.62. The van der Waals surface area contributed by atoms with Crippen molar-refractivity contribution in [1.82, 2.24) is 15.8 Å². The number of amides is 2. The molecule has 1 unspecified atom stereocenters. The minimum atomic E-state index is -1.08. The molecular formula is C22H20FN3O4. The number of carbonyl (C=O) groups excluding carboxylic acids is 2. The molecule has 0 fully saturated rings. The van der Waals surface area contributed by atoms with E-state index >= 15 is 0 Å². The highest BCUT2D eigenvalue weighted by atomic mass is 19.1. The summed E-state index contributed by atoms with van der Waals surface area (Å²) in [5, 5.41) is 0. The van der Waals surface area contributed by atoms with Gasteiger partial charge < -0.3 is 9.72 Å². The number of nitrogens with one attached hydrogen (secondary N) is 3. The Morgan fingerprint density at radius 3 is 2.50 bits per heavy atom. The first-order valence-electron chi connectivity index (χ1n) is 9.17. The second-order valence-corrected chi connectivity index (χ2v) is 6.62. The lowest BCUT2D eigenvalue weighted by Crippen LogP contribution is -2.48. The molecular weight excluding hydrogens is 389 g/mol. The van der Waals surface area contributed by atoms with Crippen molar-refractivity contribution >= 4 is 11.8 Å². The van der Waals surface area contributed by atoms with Crippen LogP contribution in [0.1, 0.15) is 22.8 Å². The Bertz CT molecular complexity index is 1140. The van der Waals surface area contributed by atoms with Crippen LogP contribution in [0.2, 0.25) is 0 Å². The largest absolute Gasteiger partial charge is 0.478 e. The van der Waals surface area contributed by atoms with Crippen LogP contribution in [0.5, 0.6) is 5.75 Å². The van der Waals surface area contributed by atoms with Gasteiger partial charge in [0.05, 0.1) is 0 Å². The van der Waals surface area contributed by atoms with E-state index in [9.17, 15) is 18.8 Å². The first-order valence-corrected chi connectivity index (χ1v) is 9.17. The minimum absolute atomic E-state index is 0.0883. The van der Waals surface area contributed by atoms with E-state index in [0.29, 0.717) is 5.69 Å². The van der Waals surface area contributed by atoms with Crippen LogP contribution in [-0.4, -0.2) is 22.9 Å². The van der Waals surface area contributed by atoms with Crippen molar-refractivity contribution in [2.75, 3.05) is 0 Å². The van der Waals surface area contributed by atoms with Gasteiger partial charge in [0.25, 0.3) is 17.4 Å². The number of carbonyl (C=O) groups is 2. The van der Waals surface area contributed by atoms with Crippen LogP contribution in [0.3, 0.4) is 0 Å². The summed E-state index contributed by atoms with van der Waals surface area (Å²) in [6.07, 6.45) is -1.08. The number of H-pyrrole nitrogens is 1. The predicted octanol–water partition coefficient (Wildman–Crippen LogP) is 2.72. The molecule has 0 aliphatic heterocycles. The van der Waals surface area contributed by atoms with Crippen LogP contribution >= 0.6 is 0 Å². The third kappa shape index (κ3) is 4.91. The first kappa shape index (κ1) is 20.8. The Labute approximate surface area is 171 Å². The van der Waals surface area contributed by atoms with E-state index in [1.165, 1.54) is 31.2 Å². The summed E-state index contributed by atoms with van der Waals surface area (Å²) in [5.74, 6) is -2.20. The lowest BCUT2D eigenvalue weighted by atomic mass is 10.1. The zero-order chi connectivity index (χ0) is 21.7. The van der Waals surface area contributed by atoms with Crippen molar-refractivity contribution in [2.24, 2.45) is 0 Å². The Balaban J connectivity index is 1.62. The van der Waals surface area contributed by atoms with Crippen molar-refractivity contribution in [1.29, 1.82) is 0 Å². The highest BCUT2D eigenvalue weighted by Crippen LogP contribution is 2.18. The quantitative estimate of drug-likeness (QED) is 0.564. The van der Waals surface area contributed by atoms with Crippen molar-refractivity contribution in [3.05, 3.63) is 88.0 Å². The number of rotatable bonds is 5. The standard InChI is InChI=1S/C22H20FN3O4/c1-13-6-5-7-15(12-13)18-11-10-16(21(28)24-18)22(29)26-25-20(27)14(2)30-19-9-4-3-8-17(19)23/h3-12,14H,1-2H3,(H,24,28)(H,25,27)(H,26,29). The Morgan fingerprint density at radius 2 is 1.80 bits per heavy atom. The SMILES string of the molecule is Cc1cccc(-c2ccc(C(=O)NNC(=O)C(C)Oc3ccccc3F)c(=O)[nH]2)c1. The summed E-state index contributed by atoms with van der Waals surface area (Å²) in [5.41, 5.74) is 5.96. The summed E-state index contributed by atoms with van der Waals surface area (Å²) in [6, 6.07) is 16.2. The normalized spacial score (nSPS) is 11.4. The van der Waals surface area contributed by atoms with E-state index in [1.807, 2.05) is 31.2 Å². The topological polar surface area (TPSA) is 100 Å². The van der Waals surface area contributed by atoms with Crippen LogP contribution in [0.15, 0.2) is 65.5 Å². The molecule has 1 aromatic heterocycles. The summed E-state index contributed by atoms with van der Waals surface area (Å²) < 4.78 is 18.8. The Hall–Kier alpha value is -3.94. The van der Waals surface area contributed by atoms with Gasteiger partial charge in [0.1, 0.15) is 5.56 Å². The van der Waals surface area contributed by atoms with E-state index < -0.39 is 29.3 Å². The monoisotopic (exact) mass is 409 g/mol. The number of hydrogen-bond acceptors (Lipinski definition) is 4. The molecule has 0 radical (unpaired) electrons. The van der Waals surface area contributed by atoms with Gasteiger partial charge in [-0.05, 0) is 49.7 Å². The number of aromatic nitrogens is 1. The van der Waals surface area contributed by atoms with Crippen LogP contribution in [0.25, 0.3) is 11.3 Å². The van der Waals surface area contributed by atoms with Gasteiger partial charge in [0.2, 0.25) is 0 Å². The maximum Gasteiger partial charge on any atom is 0.279 e. The molecule has 8 heteroatoms. The highest BCUT2D eigenvalue weighted by Gasteiger charge is 2.18. The number of benzene rings is 2. The molecule has 0 bridgehead atoms. The second kappa shape index (κ2) is 9.04. The van der Waals surface area contributed by atoms with E-state index in [1.54, 1.807) is 12.1 Å². The van der Waals surface area contributed by atoms with Crippen molar-refractivity contribution in [3.63, 3.8) is 0 Å². The molecule has 2 aromatic carbocycles. The number of hydrazine groups is 1. The van der Waals surface area contributed by atoms with Crippen LogP contribution < -0.4 is 21.1 Å². The Kier molecular flexibility index (Phi) is 6.26. The molecule has 154 valence electrons. The number of halogens is 1. The number of para-hydroxylation sites is 1. The van der Waals surface area contributed by atoms with E-state index in [0.717, 1.165) is 11.1 Å². The number of hydrogen-bond donors (Lipinski definition) is 3. The molecule has 7 nitrogen and oxygen atoms in total. The average molecular weight is 409 g/mol. The molecule has 30 heavy (non-hydrogen) atoms. The van der Waals surface area contributed by atoms with Gasteiger partial charge in [-0.25, -0.2) is 4.39 Å². The van der Waals surface area contributed by atoms with Crippen LogP contribution in [-0.2, 0) is 4.79 Å². The lowest BCUT2D eigenvalue weighted by molar-refractivity contribution is -0.128. The van der Waals surface area contributed by atoms with E-state index in [4.69, 9.17) is 4.74 Å². The van der Waals surface area contributed by atoms with Gasteiger partial charge in [0.15, 0.2) is 17.7 Å².